The summed E-state index contributed by atoms with van der Waals surface area (Å²) >= 11 is 0. The van der Waals surface area contributed by atoms with Crippen LogP contribution in [0.3, 0.4) is 0 Å². The van der Waals surface area contributed by atoms with Gasteiger partial charge in [-0.3, -0.25) is 5.26 Å². The molecule has 4 aromatic rings. The molecule has 10 heteroatoms. The Labute approximate surface area is 205 Å². The van der Waals surface area contributed by atoms with E-state index in [2.05, 4.69) is 25.3 Å². The van der Waals surface area contributed by atoms with E-state index in [-0.39, 0.29) is 23.7 Å². The lowest BCUT2D eigenvalue weighted by Crippen LogP contribution is -1.95. The van der Waals surface area contributed by atoms with Crippen LogP contribution in [-0.4, -0.2) is 26.5 Å². The highest BCUT2D eigenvalue weighted by atomic mass is 17.1. The number of phenolic OH excluding ortho intramolecular Hbond substituents is 1. The second-order valence-corrected chi connectivity index (χ2v) is 7.59. The number of hydrogen-bond acceptors (Lipinski definition) is 9. The highest BCUT2D eigenvalue weighted by Gasteiger charge is 2.10. The molecule has 0 heterocycles. The molecule has 0 amide bonds. The summed E-state index contributed by atoms with van der Waals surface area (Å²) in [5.74, 6) is -1.59. The topological polar surface area (TPSA) is 157 Å². The molecule has 0 unspecified atom stereocenters. The Kier molecular flexibility index (Phi) is 7.39. The quantitative estimate of drug-likeness (QED) is 0.117. The molecule has 0 fully saturated rings. The van der Waals surface area contributed by atoms with E-state index < -0.39 is 5.97 Å². The highest BCUT2D eigenvalue weighted by Crippen LogP contribution is 2.29. The molecule has 4 N–H and O–H groups in total. The molecule has 0 spiro atoms. The zero-order valence-corrected chi connectivity index (χ0v) is 18.7. The van der Waals surface area contributed by atoms with E-state index in [0.29, 0.717) is 28.3 Å². The monoisotopic (exact) mass is 484 g/mol. The molecule has 0 atom stereocenters. The SMILES string of the molecule is O=C(O)c1cc(N=Nc2ccc(-c3ccc(N=Nc4ccc(O)c(COO)c4)cc3)cc2)ccc1O. The molecule has 0 aliphatic carbocycles. The first kappa shape index (κ1) is 24.2. The lowest BCUT2D eigenvalue weighted by atomic mass is 10.1. The summed E-state index contributed by atoms with van der Waals surface area (Å²) in [5, 5.41) is 53.5. The van der Waals surface area contributed by atoms with Crippen molar-refractivity contribution in [2.75, 3.05) is 0 Å². The van der Waals surface area contributed by atoms with Crippen molar-refractivity contribution in [1.29, 1.82) is 0 Å². The molecule has 0 saturated heterocycles. The van der Waals surface area contributed by atoms with Crippen molar-refractivity contribution in [1.82, 2.24) is 0 Å². The van der Waals surface area contributed by atoms with Gasteiger partial charge in [0.1, 0.15) is 23.7 Å². The smallest absolute Gasteiger partial charge is 0.339 e. The van der Waals surface area contributed by atoms with Gasteiger partial charge in [0.25, 0.3) is 0 Å². The van der Waals surface area contributed by atoms with Crippen molar-refractivity contribution in [3.8, 4) is 22.6 Å². The fourth-order valence-electron chi connectivity index (χ4n) is 3.25. The van der Waals surface area contributed by atoms with Crippen molar-refractivity contribution in [2.24, 2.45) is 20.5 Å². The van der Waals surface area contributed by atoms with Gasteiger partial charge in [-0.1, -0.05) is 24.3 Å². The molecular weight excluding hydrogens is 464 g/mol. The standard InChI is InChI=1S/C26H20N4O6/c31-24-11-9-21(13-18(24)15-36-35)29-27-19-5-1-16(2-6-19)17-3-7-20(8-4-17)28-30-22-10-12-25(32)23(14-22)26(33)34/h1-14,31-32,35H,15H2,(H,33,34). The van der Waals surface area contributed by atoms with E-state index in [9.17, 15) is 15.0 Å². The summed E-state index contributed by atoms with van der Waals surface area (Å²) < 4.78 is 0. The molecule has 10 nitrogen and oxygen atoms in total. The summed E-state index contributed by atoms with van der Waals surface area (Å²) in [7, 11) is 0. The van der Waals surface area contributed by atoms with Gasteiger partial charge in [0.15, 0.2) is 0 Å². The third-order valence-corrected chi connectivity index (χ3v) is 5.12. The maximum Gasteiger partial charge on any atom is 0.339 e. The molecule has 0 aliphatic rings. The number of nitrogens with zero attached hydrogens (tertiary/aromatic N) is 4. The zero-order chi connectivity index (χ0) is 25.5. The normalized spacial score (nSPS) is 11.4. The minimum absolute atomic E-state index is 0.00693. The Morgan fingerprint density at radius 1 is 0.639 bits per heavy atom. The van der Waals surface area contributed by atoms with Crippen LogP contribution in [0.4, 0.5) is 22.7 Å². The summed E-state index contributed by atoms with van der Waals surface area (Å²) in [5.41, 5.74) is 4.07. The molecule has 36 heavy (non-hydrogen) atoms. The van der Waals surface area contributed by atoms with Crippen LogP contribution in [0.15, 0.2) is 105 Å². The number of carboxylic acid groups (broad SMARTS) is 1. The maximum atomic E-state index is 11.1. The van der Waals surface area contributed by atoms with Crippen LogP contribution in [0.2, 0.25) is 0 Å². The largest absolute Gasteiger partial charge is 0.508 e. The molecule has 4 rings (SSSR count). The average molecular weight is 484 g/mol. The van der Waals surface area contributed by atoms with Crippen molar-refractivity contribution >= 4 is 28.7 Å². The summed E-state index contributed by atoms with van der Waals surface area (Å²) in [4.78, 5) is 15.2. The predicted octanol–water partition coefficient (Wildman–Crippen LogP) is 7.28. The average Bonchev–Trinajstić information content (AvgIpc) is 2.89. The Hall–Kier alpha value is -4.93. The first-order valence-electron chi connectivity index (χ1n) is 10.6. The van der Waals surface area contributed by atoms with Crippen molar-refractivity contribution in [2.45, 2.75) is 6.61 Å². The van der Waals surface area contributed by atoms with E-state index in [0.717, 1.165) is 11.1 Å². The van der Waals surface area contributed by atoms with Gasteiger partial charge in [0.05, 0.1) is 22.7 Å². The highest BCUT2D eigenvalue weighted by molar-refractivity contribution is 5.91. The Bertz CT molecular complexity index is 1430. The number of rotatable bonds is 8. The molecular formula is C26H20N4O6. The summed E-state index contributed by atoms with van der Waals surface area (Å²) in [6.07, 6.45) is 0. The van der Waals surface area contributed by atoms with E-state index in [1.54, 1.807) is 24.3 Å². The molecule has 0 radical (unpaired) electrons. The number of phenols is 2. The van der Waals surface area contributed by atoms with E-state index >= 15 is 0 Å². The third kappa shape index (κ3) is 5.95. The zero-order valence-electron chi connectivity index (χ0n) is 18.7. The van der Waals surface area contributed by atoms with Crippen LogP contribution in [0.5, 0.6) is 11.5 Å². The van der Waals surface area contributed by atoms with E-state index in [1.165, 1.54) is 24.3 Å². The summed E-state index contributed by atoms with van der Waals surface area (Å²) in [6.45, 7) is -0.160. The minimum atomic E-state index is -1.25. The van der Waals surface area contributed by atoms with Crippen LogP contribution < -0.4 is 0 Å². The predicted molar refractivity (Wildman–Crippen MR) is 131 cm³/mol. The number of aromatic hydroxyl groups is 2. The second kappa shape index (κ2) is 11.0. The van der Waals surface area contributed by atoms with Gasteiger partial charge in [0.2, 0.25) is 0 Å². The third-order valence-electron chi connectivity index (χ3n) is 5.12. The van der Waals surface area contributed by atoms with Gasteiger partial charge in [-0.15, -0.1) is 0 Å². The van der Waals surface area contributed by atoms with Crippen molar-refractivity contribution in [3.63, 3.8) is 0 Å². The molecule has 4 aromatic carbocycles. The number of carboxylic acids is 1. The van der Waals surface area contributed by atoms with Gasteiger partial charge in [-0.2, -0.15) is 20.5 Å². The fraction of sp³-hybridized carbons (Fsp3) is 0.0385. The van der Waals surface area contributed by atoms with E-state index in [4.69, 9.17) is 10.4 Å². The van der Waals surface area contributed by atoms with Crippen LogP contribution in [0.1, 0.15) is 15.9 Å². The van der Waals surface area contributed by atoms with Crippen LogP contribution in [0.25, 0.3) is 11.1 Å². The van der Waals surface area contributed by atoms with Gasteiger partial charge in [0, 0.05) is 5.56 Å². The number of azo groups is 2. The molecule has 180 valence electrons. The van der Waals surface area contributed by atoms with Crippen molar-refractivity contribution < 1.29 is 30.3 Å². The lowest BCUT2D eigenvalue weighted by molar-refractivity contribution is -0.253. The lowest BCUT2D eigenvalue weighted by Gasteiger charge is -2.04. The maximum absolute atomic E-state index is 11.1. The number of aromatic carboxylic acids is 1. The molecule has 0 bridgehead atoms. The fourth-order valence-corrected chi connectivity index (χ4v) is 3.25. The Balaban J connectivity index is 1.43. The molecule has 0 aromatic heterocycles. The first-order chi connectivity index (χ1) is 17.4. The van der Waals surface area contributed by atoms with Crippen LogP contribution in [0, 0.1) is 0 Å². The second-order valence-electron chi connectivity index (χ2n) is 7.59. The van der Waals surface area contributed by atoms with Gasteiger partial charge < -0.3 is 15.3 Å². The Morgan fingerprint density at radius 2 is 1.08 bits per heavy atom. The number of carbonyl (C=O) groups is 1. The minimum Gasteiger partial charge on any atom is -0.508 e. The van der Waals surface area contributed by atoms with Crippen LogP contribution >= 0.6 is 0 Å². The van der Waals surface area contributed by atoms with Gasteiger partial charge in [-0.05, 0) is 71.8 Å². The molecule has 0 aliphatic heterocycles. The molecule has 0 saturated carbocycles. The number of hydrogen-bond donors (Lipinski definition) is 4. The Morgan fingerprint density at radius 3 is 1.58 bits per heavy atom. The van der Waals surface area contributed by atoms with Crippen molar-refractivity contribution in [3.05, 3.63) is 96.1 Å². The summed E-state index contributed by atoms with van der Waals surface area (Å²) in [6, 6.07) is 23.4. The van der Waals surface area contributed by atoms with E-state index in [1.807, 2.05) is 36.4 Å². The van der Waals surface area contributed by atoms with Gasteiger partial charge >= 0.3 is 5.97 Å². The van der Waals surface area contributed by atoms with Gasteiger partial charge in [-0.25, -0.2) is 9.68 Å². The number of benzene rings is 4. The van der Waals surface area contributed by atoms with Crippen LogP contribution in [-0.2, 0) is 11.5 Å². The first-order valence-corrected chi connectivity index (χ1v) is 10.6.